The highest BCUT2D eigenvalue weighted by atomic mass is 16.5. The van der Waals surface area contributed by atoms with Crippen LogP contribution in [0.2, 0.25) is 0 Å². The quantitative estimate of drug-likeness (QED) is 0.343. The van der Waals surface area contributed by atoms with Crippen LogP contribution in [0.5, 0.6) is 0 Å². The number of nitrogens with zero attached hydrogens (tertiary/aromatic N) is 1. The molecular formula is C16H20N2O5. The predicted molar refractivity (Wildman–Crippen MR) is 86.2 cm³/mol. The summed E-state index contributed by atoms with van der Waals surface area (Å²) in [6, 6.07) is 6.63. The number of esters is 2. The number of methoxy groups -OCH3 is 2. The number of benzene rings is 1. The number of ether oxygens (including phenoxy) is 2. The second-order valence-electron chi connectivity index (χ2n) is 4.54. The summed E-state index contributed by atoms with van der Waals surface area (Å²) in [6.07, 6.45) is 3.13. The molecule has 7 heteroatoms. The highest BCUT2D eigenvalue weighted by Gasteiger charge is 2.18. The molecule has 0 saturated carbocycles. The molecular weight excluding hydrogens is 300 g/mol. The molecule has 0 fully saturated rings. The largest absolute Gasteiger partial charge is 0.465 e. The van der Waals surface area contributed by atoms with Crippen LogP contribution in [0.3, 0.4) is 0 Å². The first kappa shape index (κ1) is 18.4. The van der Waals surface area contributed by atoms with E-state index >= 15 is 0 Å². The molecule has 1 unspecified atom stereocenters. The highest BCUT2D eigenvalue weighted by Crippen LogP contribution is 2.16. The van der Waals surface area contributed by atoms with Crippen molar-refractivity contribution in [2.24, 2.45) is 11.0 Å². The number of rotatable bonds is 7. The summed E-state index contributed by atoms with van der Waals surface area (Å²) in [5, 5.41) is 12.9. The summed E-state index contributed by atoms with van der Waals surface area (Å²) in [6.45, 7) is 1.59. The predicted octanol–water partition coefficient (Wildman–Crippen LogP) is 1.60. The van der Waals surface area contributed by atoms with Crippen molar-refractivity contribution >= 4 is 23.3 Å². The van der Waals surface area contributed by atoms with E-state index in [-0.39, 0.29) is 18.2 Å². The van der Waals surface area contributed by atoms with Crippen molar-refractivity contribution in [1.82, 2.24) is 0 Å². The fourth-order valence-corrected chi connectivity index (χ4v) is 1.78. The van der Waals surface area contributed by atoms with E-state index in [1.165, 1.54) is 20.3 Å². The van der Waals surface area contributed by atoms with Gasteiger partial charge in [-0.25, -0.2) is 9.59 Å². The van der Waals surface area contributed by atoms with Crippen LogP contribution in [0, 0.1) is 5.92 Å². The molecule has 1 atom stereocenters. The SMILES string of the molecule is COC(=O)/C(=N\Nc1ccccc1C(=O)OC)C(C)/C=C/CO. The molecule has 0 aliphatic carbocycles. The Morgan fingerprint density at radius 2 is 2.00 bits per heavy atom. The molecule has 0 aromatic heterocycles. The number of aliphatic hydroxyl groups excluding tert-OH is 1. The molecule has 0 heterocycles. The van der Waals surface area contributed by atoms with Gasteiger partial charge in [-0.05, 0) is 12.1 Å². The molecule has 0 saturated heterocycles. The molecule has 1 aromatic carbocycles. The normalized spacial score (nSPS) is 12.8. The van der Waals surface area contributed by atoms with E-state index in [4.69, 9.17) is 14.6 Å². The Bertz CT molecular complexity index is 610. The van der Waals surface area contributed by atoms with Crippen molar-refractivity contribution in [2.45, 2.75) is 6.92 Å². The summed E-state index contributed by atoms with van der Waals surface area (Å²) in [5.41, 5.74) is 3.49. The number of aliphatic hydroxyl groups is 1. The van der Waals surface area contributed by atoms with Gasteiger partial charge in [0.1, 0.15) is 0 Å². The van der Waals surface area contributed by atoms with E-state index in [1.54, 1.807) is 37.3 Å². The zero-order valence-corrected chi connectivity index (χ0v) is 13.3. The highest BCUT2D eigenvalue weighted by molar-refractivity contribution is 6.37. The van der Waals surface area contributed by atoms with E-state index in [9.17, 15) is 9.59 Å². The van der Waals surface area contributed by atoms with Crippen LogP contribution in [-0.2, 0) is 14.3 Å². The van der Waals surface area contributed by atoms with Crippen LogP contribution in [0.4, 0.5) is 5.69 Å². The fourth-order valence-electron chi connectivity index (χ4n) is 1.78. The van der Waals surface area contributed by atoms with Crippen molar-refractivity contribution in [2.75, 3.05) is 26.3 Å². The maximum atomic E-state index is 11.8. The Morgan fingerprint density at radius 3 is 2.61 bits per heavy atom. The van der Waals surface area contributed by atoms with Gasteiger partial charge in [-0.2, -0.15) is 5.10 Å². The summed E-state index contributed by atoms with van der Waals surface area (Å²) < 4.78 is 9.40. The Labute approximate surface area is 134 Å². The molecule has 0 aliphatic heterocycles. The van der Waals surface area contributed by atoms with Crippen molar-refractivity contribution in [3.63, 3.8) is 0 Å². The molecule has 0 amide bonds. The van der Waals surface area contributed by atoms with Crippen molar-refractivity contribution < 1.29 is 24.2 Å². The van der Waals surface area contributed by atoms with Crippen LogP contribution in [0.15, 0.2) is 41.5 Å². The Hall–Kier alpha value is -2.67. The Balaban J connectivity index is 3.08. The van der Waals surface area contributed by atoms with E-state index in [0.717, 1.165) is 0 Å². The average molecular weight is 320 g/mol. The number of hydrogen-bond acceptors (Lipinski definition) is 7. The lowest BCUT2D eigenvalue weighted by Gasteiger charge is -2.11. The van der Waals surface area contributed by atoms with Gasteiger partial charge in [0.15, 0.2) is 5.71 Å². The van der Waals surface area contributed by atoms with Gasteiger partial charge in [-0.1, -0.05) is 31.2 Å². The van der Waals surface area contributed by atoms with Gasteiger partial charge in [0.05, 0.1) is 32.1 Å². The van der Waals surface area contributed by atoms with Gasteiger partial charge in [0, 0.05) is 5.92 Å². The number of para-hydroxylation sites is 1. The molecule has 124 valence electrons. The second-order valence-corrected chi connectivity index (χ2v) is 4.54. The maximum Gasteiger partial charge on any atom is 0.354 e. The first-order valence-electron chi connectivity index (χ1n) is 6.91. The number of hydrogen-bond donors (Lipinski definition) is 2. The number of anilines is 1. The lowest BCUT2D eigenvalue weighted by atomic mass is 10.1. The third kappa shape index (κ3) is 5.23. The molecule has 1 aromatic rings. The van der Waals surface area contributed by atoms with Crippen molar-refractivity contribution in [3.05, 3.63) is 42.0 Å². The van der Waals surface area contributed by atoms with Crippen LogP contribution in [-0.4, -0.2) is 43.6 Å². The monoisotopic (exact) mass is 320 g/mol. The first-order valence-corrected chi connectivity index (χ1v) is 6.91. The van der Waals surface area contributed by atoms with Gasteiger partial charge < -0.3 is 14.6 Å². The van der Waals surface area contributed by atoms with Gasteiger partial charge in [0.25, 0.3) is 0 Å². The summed E-state index contributed by atoms with van der Waals surface area (Å²) in [5.74, 6) is -1.51. The number of hydrazone groups is 1. The zero-order chi connectivity index (χ0) is 17.2. The summed E-state index contributed by atoms with van der Waals surface area (Å²) in [4.78, 5) is 23.5. The molecule has 0 bridgehead atoms. The fraction of sp³-hybridized carbons (Fsp3) is 0.312. The molecule has 23 heavy (non-hydrogen) atoms. The van der Waals surface area contributed by atoms with Crippen LogP contribution < -0.4 is 5.43 Å². The van der Waals surface area contributed by atoms with Crippen LogP contribution >= 0.6 is 0 Å². The Kier molecular flexibility index (Phi) is 7.49. The molecule has 0 aliphatic rings. The minimum atomic E-state index is -0.608. The minimum Gasteiger partial charge on any atom is -0.465 e. The smallest absolute Gasteiger partial charge is 0.354 e. The molecule has 1 rings (SSSR count). The van der Waals surface area contributed by atoms with Gasteiger partial charge in [-0.15, -0.1) is 0 Å². The second kappa shape index (κ2) is 9.37. The topological polar surface area (TPSA) is 97.2 Å². The van der Waals surface area contributed by atoms with Gasteiger partial charge in [-0.3, -0.25) is 5.43 Å². The van der Waals surface area contributed by atoms with E-state index < -0.39 is 11.9 Å². The lowest BCUT2D eigenvalue weighted by molar-refractivity contribution is -0.132. The standard InChI is InChI=1S/C16H20N2O5/c1-11(7-6-10-19)14(16(21)23-3)18-17-13-9-5-4-8-12(13)15(20)22-2/h4-9,11,17,19H,10H2,1-3H3/b7-6+,18-14-. The summed E-state index contributed by atoms with van der Waals surface area (Å²) in [7, 11) is 2.53. The zero-order valence-electron chi connectivity index (χ0n) is 13.3. The number of carbonyl (C=O) groups excluding carboxylic acids is 2. The van der Waals surface area contributed by atoms with Gasteiger partial charge >= 0.3 is 11.9 Å². The van der Waals surface area contributed by atoms with E-state index in [1.807, 2.05) is 0 Å². The maximum absolute atomic E-state index is 11.8. The van der Waals surface area contributed by atoms with Crippen molar-refractivity contribution in [3.8, 4) is 0 Å². The lowest BCUT2D eigenvalue weighted by Crippen LogP contribution is -2.24. The first-order chi connectivity index (χ1) is 11.0. The molecule has 2 N–H and O–H groups in total. The minimum absolute atomic E-state index is 0.108. The van der Waals surface area contributed by atoms with Crippen LogP contribution in [0.25, 0.3) is 0 Å². The van der Waals surface area contributed by atoms with E-state index in [0.29, 0.717) is 11.3 Å². The number of nitrogens with one attached hydrogen (secondary N) is 1. The Morgan fingerprint density at radius 1 is 1.30 bits per heavy atom. The average Bonchev–Trinajstić information content (AvgIpc) is 2.59. The number of carbonyl (C=O) groups is 2. The third-order valence-electron chi connectivity index (χ3n) is 2.99. The van der Waals surface area contributed by atoms with Crippen molar-refractivity contribution in [1.29, 1.82) is 0 Å². The summed E-state index contributed by atoms with van der Waals surface area (Å²) >= 11 is 0. The van der Waals surface area contributed by atoms with E-state index in [2.05, 4.69) is 10.5 Å². The number of allylic oxidation sites excluding steroid dienone is 1. The van der Waals surface area contributed by atoms with Gasteiger partial charge in [0.2, 0.25) is 0 Å². The molecule has 7 nitrogen and oxygen atoms in total. The molecule has 0 spiro atoms. The molecule has 0 radical (unpaired) electrons. The third-order valence-corrected chi connectivity index (χ3v) is 2.99. The van der Waals surface area contributed by atoms with Crippen LogP contribution in [0.1, 0.15) is 17.3 Å².